The van der Waals surface area contributed by atoms with E-state index in [9.17, 15) is 0 Å². The van der Waals surface area contributed by atoms with E-state index in [0.29, 0.717) is 6.04 Å². The maximum absolute atomic E-state index is 5.61. The predicted molar refractivity (Wildman–Crippen MR) is 120 cm³/mol. The van der Waals surface area contributed by atoms with Crippen LogP contribution in [0.15, 0.2) is 72.8 Å². The smallest absolute Gasteiger partial charge is 0.118 e. The fourth-order valence-corrected chi connectivity index (χ4v) is 4.78. The van der Waals surface area contributed by atoms with Gasteiger partial charge in [0.2, 0.25) is 0 Å². The molecule has 1 fully saturated rings. The highest BCUT2D eigenvalue weighted by atomic mass is 16.5. The summed E-state index contributed by atoms with van der Waals surface area (Å²) in [6.45, 7) is 4.37. The van der Waals surface area contributed by atoms with Crippen LogP contribution in [0.5, 0.6) is 5.75 Å². The number of rotatable bonds is 6. The normalized spacial score (nSPS) is 17.4. The molecule has 2 aliphatic rings. The molecule has 154 valence electrons. The van der Waals surface area contributed by atoms with Gasteiger partial charge < -0.3 is 14.8 Å². The van der Waals surface area contributed by atoms with Crippen LogP contribution in [0, 0.1) is 0 Å². The molecule has 3 aromatic rings. The highest BCUT2D eigenvalue weighted by Gasteiger charge is 2.30. The Balaban J connectivity index is 1.42. The van der Waals surface area contributed by atoms with Crippen molar-refractivity contribution in [2.45, 2.75) is 12.1 Å². The molecule has 1 aliphatic heterocycles. The number of hydrogen-bond acceptors (Lipinski definition) is 4. The van der Waals surface area contributed by atoms with Crippen LogP contribution in [0.4, 0.5) is 0 Å². The minimum absolute atomic E-state index is 0.221. The summed E-state index contributed by atoms with van der Waals surface area (Å²) in [6.07, 6.45) is 0. The van der Waals surface area contributed by atoms with Gasteiger partial charge in [-0.1, -0.05) is 60.7 Å². The number of nitrogens with one attached hydrogen (secondary N) is 1. The van der Waals surface area contributed by atoms with Gasteiger partial charge in [-0.15, -0.1) is 0 Å². The minimum atomic E-state index is 0.221. The molecule has 4 nitrogen and oxygen atoms in total. The van der Waals surface area contributed by atoms with E-state index in [1.165, 1.54) is 27.8 Å². The summed E-state index contributed by atoms with van der Waals surface area (Å²) in [5, 5.41) is 3.90. The van der Waals surface area contributed by atoms with Crippen molar-refractivity contribution in [2.75, 3.05) is 40.0 Å². The highest BCUT2D eigenvalue weighted by Crippen LogP contribution is 2.43. The first-order valence-electron chi connectivity index (χ1n) is 10.7. The molecule has 0 spiro atoms. The lowest BCUT2D eigenvalue weighted by Gasteiger charge is -2.35. The Morgan fingerprint density at radius 1 is 0.900 bits per heavy atom. The Kier molecular flexibility index (Phi) is 5.54. The maximum Gasteiger partial charge on any atom is 0.118 e. The number of hydrogen-bond donors (Lipinski definition) is 1. The Morgan fingerprint density at radius 2 is 1.50 bits per heavy atom. The first-order valence-corrected chi connectivity index (χ1v) is 10.7. The zero-order valence-corrected chi connectivity index (χ0v) is 17.4. The lowest BCUT2D eigenvalue weighted by molar-refractivity contribution is 0.0158. The molecule has 4 heteroatoms. The molecule has 1 atom stereocenters. The Bertz CT molecular complexity index is 950. The number of morpholine rings is 1. The predicted octanol–water partition coefficient (Wildman–Crippen LogP) is 4.43. The molecule has 1 saturated heterocycles. The number of fused-ring (bicyclic) bond motifs is 3. The zero-order chi connectivity index (χ0) is 20.3. The molecule has 0 saturated carbocycles. The second kappa shape index (κ2) is 8.60. The summed E-state index contributed by atoms with van der Waals surface area (Å²) in [6, 6.07) is 26.5. The monoisotopic (exact) mass is 400 g/mol. The van der Waals surface area contributed by atoms with Crippen molar-refractivity contribution >= 4 is 0 Å². The molecule has 30 heavy (non-hydrogen) atoms. The van der Waals surface area contributed by atoms with Gasteiger partial charge in [0.15, 0.2) is 0 Å². The van der Waals surface area contributed by atoms with E-state index in [-0.39, 0.29) is 6.04 Å². The number of benzene rings is 3. The van der Waals surface area contributed by atoms with E-state index in [1.54, 1.807) is 7.11 Å². The van der Waals surface area contributed by atoms with Crippen molar-refractivity contribution in [3.8, 4) is 16.9 Å². The molecule has 0 radical (unpaired) electrons. The number of ether oxygens (including phenoxy) is 2. The average molecular weight is 401 g/mol. The Morgan fingerprint density at radius 3 is 2.10 bits per heavy atom. The van der Waals surface area contributed by atoms with Crippen LogP contribution in [0.25, 0.3) is 11.1 Å². The summed E-state index contributed by atoms with van der Waals surface area (Å²) in [5.74, 6) is 0.895. The molecule has 0 aromatic heterocycles. The van der Waals surface area contributed by atoms with Crippen molar-refractivity contribution in [1.82, 2.24) is 10.2 Å². The van der Waals surface area contributed by atoms with Crippen LogP contribution in [0.3, 0.4) is 0 Å². The summed E-state index contributed by atoms with van der Waals surface area (Å²) < 4.78 is 11.0. The molecular weight excluding hydrogens is 372 g/mol. The van der Waals surface area contributed by atoms with Crippen molar-refractivity contribution in [3.63, 3.8) is 0 Å². The molecular formula is C26H28N2O2. The van der Waals surface area contributed by atoms with Gasteiger partial charge in [0.05, 0.1) is 26.4 Å². The third-order valence-electron chi connectivity index (χ3n) is 6.34. The van der Waals surface area contributed by atoms with Crippen LogP contribution < -0.4 is 10.1 Å². The Hall–Kier alpha value is -2.66. The van der Waals surface area contributed by atoms with E-state index < -0.39 is 0 Å². The second-order valence-corrected chi connectivity index (χ2v) is 7.95. The lowest BCUT2D eigenvalue weighted by atomic mass is 10.0. The fraction of sp³-hybridized carbons (Fsp3) is 0.308. The summed E-state index contributed by atoms with van der Waals surface area (Å²) in [5.41, 5.74) is 6.74. The quantitative estimate of drug-likeness (QED) is 0.664. The van der Waals surface area contributed by atoms with Gasteiger partial charge in [0.1, 0.15) is 5.75 Å². The first kappa shape index (κ1) is 19.3. The minimum Gasteiger partial charge on any atom is -0.497 e. The van der Waals surface area contributed by atoms with Crippen molar-refractivity contribution in [3.05, 3.63) is 89.5 Å². The van der Waals surface area contributed by atoms with Gasteiger partial charge in [0.25, 0.3) is 0 Å². The first-order chi connectivity index (χ1) is 14.8. The zero-order valence-electron chi connectivity index (χ0n) is 17.4. The van der Waals surface area contributed by atoms with E-state index in [4.69, 9.17) is 9.47 Å². The van der Waals surface area contributed by atoms with Crippen LogP contribution in [0.1, 0.15) is 28.8 Å². The fourth-order valence-electron chi connectivity index (χ4n) is 4.78. The largest absolute Gasteiger partial charge is 0.497 e. The lowest BCUT2D eigenvalue weighted by Crippen LogP contribution is -2.43. The molecule has 0 bridgehead atoms. The topological polar surface area (TPSA) is 33.7 Å². The van der Waals surface area contributed by atoms with Crippen molar-refractivity contribution in [1.29, 1.82) is 0 Å². The molecule has 3 aromatic carbocycles. The van der Waals surface area contributed by atoms with Gasteiger partial charge in [-0.05, 0) is 39.9 Å². The molecule has 1 heterocycles. The van der Waals surface area contributed by atoms with Gasteiger partial charge >= 0.3 is 0 Å². The van der Waals surface area contributed by atoms with Gasteiger partial charge in [0, 0.05) is 25.7 Å². The number of nitrogens with zero attached hydrogens (tertiary/aromatic N) is 1. The van der Waals surface area contributed by atoms with Gasteiger partial charge in [-0.25, -0.2) is 0 Å². The summed E-state index contributed by atoms with van der Waals surface area (Å²) >= 11 is 0. The highest BCUT2D eigenvalue weighted by molar-refractivity contribution is 5.78. The molecule has 0 unspecified atom stereocenters. The second-order valence-electron chi connectivity index (χ2n) is 7.95. The van der Waals surface area contributed by atoms with E-state index >= 15 is 0 Å². The van der Waals surface area contributed by atoms with E-state index in [2.05, 4.69) is 83.0 Å². The van der Waals surface area contributed by atoms with Crippen molar-refractivity contribution < 1.29 is 9.47 Å². The third kappa shape index (κ3) is 3.63. The van der Waals surface area contributed by atoms with Crippen LogP contribution in [-0.4, -0.2) is 44.9 Å². The van der Waals surface area contributed by atoms with E-state index in [0.717, 1.165) is 38.6 Å². The van der Waals surface area contributed by atoms with Gasteiger partial charge in [-0.3, -0.25) is 4.90 Å². The maximum atomic E-state index is 5.61. The molecule has 1 N–H and O–H groups in total. The standard InChI is InChI=1S/C26H28N2O2/c1-29-20-12-10-19(11-13-20)25(28-14-16-30-17-15-28)18-27-26-23-8-4-2-6-21(23)22-7-3-5-9-24(22)26/h2-13,25-27H,14-18H2,1H3/t25-/m0/s1. The summed E-state index contributed by atoms with van der Waals surface area (Å²) in [7, 11) is 1.71. The summed E-state index contributed by atoms with van der Waals surface area (Å²) in [4.78, 5) is 2.53. The molecule has 5 rings (SSSR count). The van der Waals surface area contributed by atoms with Crippen LogP contribution in [-0.2, 0) is 4.74 Å². The van der Waals surface area contributed by atoms with Gasteiger partial charge in [-0.2, -0.15) is 0 Å². The molecule has 0 amide bonds. The molecule has 1 aliphatic carbocycles. The Labute approximate surface area is 178 Å². The van der Waals surface area contributed by atoms with E-state index in [1.807, 2.05) is 0 Å². The van der Waals surface area contributed by atoms with Crippen molar-refractivity contribution in [2.24, 2.45) is 0 Å². The number of methoxy groups -OCH3 is 1. The average Bonchev–Trinajstić information content (AvgIpc) is 3.14. The van der Waals surface area contributed by atoms with Crippen LogP contribution >= 0.6 is 0 Å². The third-order valence-corrected chi connectivity index (χ3v) is 6.34. The SMILES string of the molecule is COc1ccc([C@H](CNC2c3ccccc3-c3ccccc32)N2CCOCC2)cc1. The van der Waals surface area contributed by atoms with Crippen LogP contribution in [0.2, 0.25) is 0 Å².